The number of anilines is 1. The molecule has 2 aliphatic rings. The van der Waals surface area contributed by atoms with Crippen molar-refractivity contribution in [1.29, 1.82) is 0 Å². The molecule has 1 aliphatic carbocycles. The largest absolute Gasteiger partial charge is 0.367 e. The Hall–Kier alpha value is -3.19. The average Bonchev–Trinajstić information content (AvgIpc) is 3.52. The second-order valence-corrected chi connectivity index (χ2v) is 9.54. The first kappa shape index (κ1) is 19.5. The van der Waals surface area contributed by atoms with Gasteiger partial charge >= 0.3 is 0 Å². The summed E-state index contributed by atoms with van der Waals surface area (Å²) in [5, 5.41) is 3.56. The van der Waals surface area contributed by atoms with Gasteiger partial charge in [0.2, 0.25) is 0 Å². The molecule has 164 valence electrons. The molecule has 2 atom stereocenters. The Labute approximate surface area is 186 Å². The second kappa shape index (κ2) is 7.17. The van der Waals surface area contributed by atoms with Crippen molar-refractivity contribution in [3.05, 3.63) is 64.5 Å². The number of pyridine rings is 2. The monoisotopic (exact) mass is 428 g/mol. The third kappa shape index (κ3) is 3.37. The number of hydrogen-bond donors (Lipinski definition) is 1. The summed E-state index contributed by atoms with van der Waals surface area (Å²) in [6.45, 7) is 8.24. The molecule has 0 amide bonds. The summed E-state index contributed by atoms with van der Waals surface area (Å²) in [7, 11) is 0. The molecule has 4 aromatic heterocycles. The van der Waals surface area contributed by atoms with Gasteiger partial charge in [-0.3, -0.25) is 9.20 Å². The fraction of sp³-hybridized carbons (Fsp3) is 0.400. The van der Waals surface area contributed by atoms with E-state index in [1.165, 1.54) is 18.4 Å². The minimum Gasteiger partial charge on any atom is -0.367 e. The Morgan fingerprint density at radius 1 is 1.00 bits per heavy atom. The van der Waals surface area contributed by atoms with E-state index in [-0.39, 0.29) is 5.56 Å². The minimum atomic E-state index is -0.0574. The van der Waals surface area contributed by atoms with Crippen LogP contribution in [0.2, 0.25) is 0 Å². The van der Waals surface area contributed by atoms with Gasteiger partial charge in [-0.1, -0.05) is 0 Å². The first-order valence-electron chi connectivity index (χ1n) is 11.5. The molecule has 7 heteroatoms. The van der Waals surface area contributed by atoms with E-state index in [2.05, 4.69) is 40.6 Å². The van der Waals surface area contributed by atoms with Crippen LogP contribution in [0.25, 0.3) is 22.6 Å². The molecule has 1 N–H and O–H groups in total. The number of aromatic nitrogens is 4. The van der Waals surface area contributed by atoms with Crippen molar-refractivity contribution in [3.63, 3.8) is 0 Å². The van der Waals surface area contributed by atoms with Crippen LogP contribution in [0.4, 0.5) is 5.69 Å². The number of imidazole rings is 1. The maximum absolute atomic E-state index is 13.1. The molecule has 1 saturated carbocycles. The number of aryl methyl sites for hydroxylation is 1. The molecule has 1 aliphatic heterocycles. The highest BCUT2D eigenvalue weighted by molar-refractivity contribution is 5.67. The zero-order valence-electron chi connectivity index (χ0n) is 18.7. The molecule has 2 unspecified atom stereocenters. The summed E-state index contributed by atoms with van der Waals surface area (Å²) >= 11 is 0. The normalized spacial score (nSPS) is 21.5. The Kier molecular flexibility index (Phi) is 4.37. The molecule has 0 spiro atoms. The molecule has 0 radical (unpaired) electrons. The predicted molar refractivity (Wildman–Crippen MR) is 127 cm³/mol. The van der Waals surface area contributed by atoms with Gasteiger partial charge in [-0.2, -0.15) is 0 Å². The molecule has 1 saturated heterocycles. The van der Waals surface area contributed by atoms with E-state index in [4.69, 9.17) is 9.97 Å². The van der Waals surface area contributed by atoms with Crippen molar-refractivity contribution in [1.82, 2.24) is 24.1 Å². The molecule has 5 heterocycles. The number of rotatable bonds is 3. The lowest BCUT2D eigenvalue weighted by molar-refractivity contribution is 0.407. The van der Waals surface area contributed by atoms with Crippen LogP contribution in [-0.4, -0.2) is 43.9 Å². The second-order valence-electron chi connectivity index (χ2n) is 9.54. The van der Waals surface area contributed by atoms with Crippen LogP contribution in [0.3, 0.4) is 0 Å². The van der Waals surface area contributed by atoms with Crippen molar-refractivity contribution in [2.24, 2.45) is 0 Å². The predicted octanol–water partition coefficient (Wildman–Crippen LogP) is 3.38. The SMILES string of the molecule is Cc1cn2cc(-c3cc(=O)n4cc(N5CC(C)NC(C)C5)ccc4n3)cc(C3CC3)c2n1. The van der Waals surface area contributed by atoms with Gasteiger partial charge < -0.3 is 14.6 Å². The molecule has 0 aromatic carbocycles. The Balaban J connectivity index is 1.43. The van der Waals surface area contributed by atoms with Gasteiger partial charge in [0.15, 0.2) is 0 Å². The third-order valence-corrected chi connectivity index (χ3v) is 6.58. The lowest BCUT2D eigenvalue weighted by Crippen LogP contribution is -2.54. The number of nitrogens with zero attached hydrogens (tertiary/aromatic N) is 5. The fourth-order valence-electron chi connectivity index (χ4n) is 5.05. The highest BCUT2D eigenvalue weighted by atomic mass is 16.1. The van der Waals surface area contributed by atoms with Crippen molar-refractivity contribution in [3.8, 4) is 11.3 Å². The van der Waals surface area contributed by atoms with Gasteiger partial charge in [0.1, 0.15) is 11.3 Å². The standard InChI is InChI=1S/C25H28N6O/c1-15-10-29(11-16(2)26-15)20-6-7-23-28-22(9-24(32)31(23)14-20)19-8-21(18-4-5-18)25-27-17(3)12-30(25)13-19/h6-9,12-16,18,26H,4-5,10-11H2,1-3H3. The van der Waals surface area contributed by atoms with Crippen molar-refractivity contribution in [2.75, 3.05) is 18.0 Å². The zero-order valence-corrected chi connectivity index (χ0v) is 18.7. The van der Waals surface area contributed by atoms with Crippen molar-refractivity contribution >= 4 is 17.0 Å². The smallest absolute Gasteiger partial charge is 0.258 e. The van der Waals surface area contributed by atoms with E-state index in [1.807, 2.05) is 31.6 Å². The van der Waals surface area contributed by atoms with E-state index in [0.717, 1.165) is 35.7 Å². The third-order valence-electron chi connectivity index (χ3n) is 6.58. The van der Waals surface area contributed by atoms with Crippen LogP contribution < -0.4 is 15.8 Å². The maximum atomic E-state index is 13.1. The molecule has 6 rings (SSSR count). The zero-order chi connectivity index (χ0) is 22.0. The molecule has 4 aromatic rings. The Morgan fingerprint density at radius 3 is 2.53 bits per heavy atom. The lowest BCUT2D eigenvalue weighted by atomic mass is 10.1. The number of piperazine rings is 1. The minimum absolute atomic E-state index is 0.0574. The molecular weight excluding hydrogens is 400 g/mol. The van der Waals surface area contributed by atoms with E-state index >= 15 is 0 Å². The molecule has 2 fully saturated rings. The van der Waals surface area contributed by atoms with Crippen LogP contribution in [0.1, 0.15) is 43.9 Å². The fourth-order valence-corrected chi connectivity index (χ4v) is 5.05. The van der Waals surface area contributed by atoms with E-state index in [0.29, 0.717) is 29.3 Å². The van der Waals surface area contributed by atoms with Crippen LogP contribution >= 0.6 is 0 Å². The number of nitrogens with one attached hydrogen (secondary N) is 1. The Bertz CT molecular complexity index is 1390. The van der Waals surface area contributed by atoms with Crippen LogP contribution in [0.15, 0.2) is 47.7 Å². The molecule has 32 heavy (non-hydrogen) atoms. The number of fused-ring (bicyclic) bond motifs is 2. The lowest BCUT2D eigenvalue weighted by Gasteiger charge is -2.37. The van der Waals surface area contributed by atoms with E-state index in [1.54, 1.807) is 10.5 Å². The van der Waals surface area contributed by atoms with E-state index < -0.39 is 0 Å². The first-order chi connectivity index (χ1) is 15.4. The molecule has 7 nitrogen and oxygen atoms in total. The summed E-state index contributed by atoms with van der Waals surface area (Å²) in [4.78, 5) is 25.0. The van der Waals surface area contributed by atoms with Crippen molar-refractivity contribution < 1.29 is 0 Å². The average molecular weight is 429 g/mol. The highest BCUT2D eigenvalue weighted by Crippen LogP contribution is 2.42. The quantitative estimate of drug-likeness (QED) is 0.542. The summed E-state index contributed by atoms with van der Waals surface area (Å²) in [6.07, 6.45) is 8.41. The molecule has 0 bridgehead atoms. The van der Waals surface area contributed by atoms with Gasteiger partial charge in [0, 0.05) is 55.4 Å². The van der Waals surface area contributed by atoms with Crippen LogP contribution in [-0.2, 0) is 0 Å². The van der Waals surface area contributed by atoms with Gasteiger partial charge in [-0.15, -0.1) is 0 Å². The summed E-state index contributed by atoms with van der Waals surface area (Å²) in [6, 6.07) is 8.69. The van der Waals surface area contributed by atoms with Crippen molar-refractivity contribution in [2.45, 2.75) is 51.6 Å². The van der Waals surface area contributed by atoms with Gasteiger partial charge in [-0.25, -0.2) is 9.97 Å². The Morgan fingerprint density at radius 2 is 1.78 bits per heavy atom. The summed E-state index contributed by atoms with van der Waals surface area (Å²) in [5.74, 6) is 0.562. The topological polar surface area (TPSA) is 66.9 Å². The maximum Gasteiger partial charge on any atom is 0.258 e. The van der Waals surface area contributed by atoms with Gasteiger partial charge in [0.05, 0.1) is 17.1 Å². The first-order valence-corrected chi connectivity index (χ1v) is 11.5. The number of hydrogen-bond acceptors (Lipinski definition) is 5. The highest BCUT2D eigenvalue weighted by Gasteiger charge is 2.27. The molecular formula is C25H28N6O. The van der Waals surface area contributed by atoms with Gasteiger partial charge in [-0.05, 0) is 63.3 Å². The van der Waals surface area contributed by atoms with Crippen LogP contribution in [0.5, 0.6) is 0 Å². The summed E-state index contributed by atoms with van der Waals surface area (Å²) in [5.41, 5.74) is 6.62. The van der Waals surface area contributed by atoms with Crippen LogP contribution in [0, 0.1) is 6.92 Å². The summed E-state index contributed by atoms with van der Waals surface area (Å²) < 4.78 is 3.75. The van der Waals surface area contributed by atoms with Gasteiger partial charge in [0.25, 0.3) is 5.56 Å². The van der Waals surface area contributed by atoms with E-state index in [9.17, 15) is 4.79 Å².